The Kier molecular flexibility index (Phi) is 3.30. The number of alkyl halides is 3. The van der Waals surface area contributed by atoms with Crippen LogP contribution < -0.4 is 10.6 Å². The van der Waals surface area contributed by atoms with Crippen molar-refractivity contribution >= 4 is 17.3 Å². The number of nitrogens with two attached hydrogens (primary N) is 1. The number of anilines is 2. The van der Waals surface area contributed by atoms with Gasteiger partial charge < -0.3 is 15.7 Å². The highest BCUT2D eigenvalue weighted by Gasteiger charge is 2.39. The molecule has 0 bridgehead atoms. The molecule has 1 aromatic rings. The normalized spacial score (nSPS) is 15.3. The maximum absolute atomic E-state index is 12.6. The fourth-order valence-corrected chi connectivity index (χ4v) is 1.98. The molecule has 0 amide bonds. The van der Waals surface area contributed by atoms with Gasteiger partial charge in [0.25, 0.3) is 0 Å². The molecule has 7 heteroatoms. The summed E-state index contributed by atoms with van der Waals surface area (Å²) in [4.78, 5) is 12.1. The van der Waals surface area contributed by atoms with E-state index in [0.717, 1.165) is 4.90 Å². The smallest absolute Gasteiger partial charge is 0.405 e. The van der Waals surface area contributed by atoms with Crippen molar-refractivity contribution in [3.8, 4) is 0 Å². The molecular weight excluding hydrogens is 261 g/mol. The van der Waals surface area contributed by atoms with Crippen molar-refractivity contribution in [3.63, 3.8) is 0 Å². The molecule has 1 saturated carbocycles. The van der Waals surface area contributed by atoms with Crippen LogP contribution in [-0.4, -0.2) is 29.8 Å². The van der Waals surface area contributed by atoms with Crippen LogP contribution in [0.5, 0.6) is 0 Å². The molecule has 0 saturated heterocycles. The average Bonchev–Trinajstić information content (AvgIpc) is 3.08. The first-order valence-corrected chi connectivity index (χ1v) is 5.75. The summed E-state index contributed by atoms with van der Waals surface area (Å²) < 4.78 is 37.7. The zero-order valence-corrected chi connectivity index (χ0v) is 9.94. The van der Waals surface area contributed by atoms with Crippen molar-refractivity contribution in [2.24, 2.45) is 0 Å². The number of aromatic carboxylic acids is 1. The number of nitrogen functional groups attached to an aromatic ring is 1. The molecule has 4 nitrogen and oxygen atoms in total. The minimum Gasteiger partial charge on any atom is -0.478 e. The van der Waals surface area contributed by atoms with Crippen LogP contribution in [-0.2, 0) is 0 Å². The third-order valence-corrected chi connectivity index (χ3v) is 2.96. The Hall–Kier alpha value is -1.92. The van der Waals surface area contributed by atoms with Crippen LogP contribution in [0.4, 0.5) is 24.5 Å². The molecule has 0 heterocycles. The molecule has 0 atom stereocenters. The van der Waals surface area contributed by atoms with E-state index in [9.17, 15) is 18.0 Å². The van der Waals surface area contributed by atoms with Crippen LogP contribution in [0.1, 0.15) is 23.2 Å². The molecule has 2 rings (SSSR count). The van der Waals surface area contributed by atoms with Crippen molar-refractivity contribution in [3.05, 3.63) is 23.8 Å². The third-order valence-electron chi connectivity index (χ3n) is 2.96. The number of carboxylic acids is 1. The maximum Gasteiger partial charge on any atom is 0.405 e. The number of carboxylic acid groups (broad SMARTS) is 1. The number of hydrogen-bond acceptors (Lipinski definition) is 3. The van der Waals surface area contributed by atoms with Gasteiger partial charge >= 0.3 is 12.1 Å². The number of halogens is 3. The van der Waals surface area contributed by atoms with Crippen molar-refractivity contribution in [1.82, 2.24) is 0 Å². The van der Waals surface area contributed by atoms with Crippen LogP contribution in [0.25, 0.3) is 0 Å². The molecule has 0 spiro atoms. The van der Waals surface area contributed by atoms with Crippen molar-refractivity contribution in [2.75, 3.05) is 17.2 Å². The fraction of sp³-hybridized carbons (Fsp3) is 0.417. The van der Waals surface area contributed by atoms with E-state index < -0.39 is 18.7 Å². The number of benzene rings is 1. The lowest BCUT2D eigenvalue weighted by Crippen LogP contribution is -2.36. The van der Waals surface area contributed by atoms with Gasteiger partial charge in [-0.15, -0.1) is 0 Å². The van der Waals surface area contributed by atoms with E-state index >= 15 is 0 Å². The van der Waals surface area contributed by atoms with Gasteiger partial charge in [0.05, 0.1) is 16.9 Å². The SMILES string of the molecule is Nc1c(C(=O)O)cccc1N(CC(F)(F)F)C1CC1. The summed E-state index contributed by atoms with van der Waals surface area (Å²) in [6.45, 7) is -1.12. The van der Waals surface area contributed by atoms with Gasteiger partial charge in [0.2, 0.25) is 0 Å². The Bertz CT molecular complexity index is 498. The predicted octanol–water partition coefficient (Wildman–Crippen LogP) is 2.50. The highest BCUT2D eigenvalue weighted by atomic mass is 19.4. The summed E-state index contributed by atoms with van der Waals surface area (Å²) in [5.74, 6) is -1.25. The maximum atomic E-state index is 12.6. The molecule has 0 aromatic heterocycles. The quantitative estimate of drug-likeness (QED) is 0.828. The summed E-state index contributed by atoms with van der Waals surface area (Å²) in [5.41, 5.74) is 5.52. The summed E-state index contributed by atoms with van der Waals surface area (Å²) in [6, 6.07) is 3.89. The standard InChI is InChI=1S/C12H13F3N2O2/c13-12(14,15)6-17(7-4-5-7)9-3-1-2-8(10(9)16)11(18)19/h1-3,7H,4-6,16H2,(H,18,19). The second kappa shape index (κ2) is 4.64. The van der Waals surface area contributed by atoms with Gasteiger partial charge in [0, 0.05) is 6.04 Å². The number of hydrogen-bond donors (Lipinski definition) is 2. The van der Waals surface area contributed by atoms with E-state index in [1.807, 2.05) is 0 Å². The lowest BCUT2D eigenvalue weighted by atomic mass is 10.1. The van der Waals surface area contributed by atoms with Crippen molar-refractivity contribution < 1.29 is 23.1 Å². The van der Waals surface area contributed by atoms with E-state index in [4.69, 9.17) is 10.8 Å². The average molecular weight is 274 g/mol. The second-order valence-electron chi connectivity index (χ2n) is 4.52. The Morgan fingerprint density at radius 3 is 2.53 bits per heavy atom. The Morgan fingerprint density at radius 1 is 1.42 bits per heavy atom. The lowest BCUT2D eigenvalue weighted by molar-refractivity contribution is -0.119. The van der Waals surface area contributed by atoms with E-state index in [2.05, 4.69) is 0 Å². The molecule has 104 valence electrons. The monoisotopic (exact) mass is 274 g/mol. The Balaban J connectivity index is 2.37. The Labute approximate surface area is 107 Å². The summed E-state index contributed by atoms with van der Waals surface area (Å²) in [6.07, 6.45) is -3.03. The zero-order valence-electron chi connectivity index (χ0n) is 9.94. The number of para-hydroxylation sites is 1. The molecule has 19 heavy (non-hydrogen) atoms. The number of nitrogens with zero attached hydrogens (tertiary/aromatic N) is 1. The van der Waals surface area contributed by atoms with Gasteiger partial charge in [-0.2, -0.15) is 13.2 Å². The van der Waals surface area contributed by atoms with E-state index in [-0.39, 0.29) is 23.0 Å². The van der Waals surface area contributed by atoms with E-state index in [1.165, 1.54) is 18.2 Å². The molecule has 3 N–H and O–H groups in total. The number of rotatable bonds is 4. The van der Waals surface area contributed by atoms with Crippen LogP contribution in [0.3, 0.4) is 0 Å². The third kappa shape index (κ3) is 3.10. The predicted molar refractivity (Wildman–Crippen MR) is 64.2 cm³/mol. The molecular formula is C12H13F3N2O2. The van der Waals surface area contributed by atoms with Crippen molar-refractivity contribution in [1.29, 1.82) is 0 Å². The molecule has 0 radical (unpaired) electrons. The van der Waals surface area contributed by atoms with Crippen molar-refractivity contribution in [2.45, 2.75) is 25.1 Å². The van der Waals surface area contributed by atoms with Gasteiger partial charge in [-0.1, -0.05) is 6.07 Å². The van der Waals surface area contributed by atoms with Crippen LogP contribution in [0, 0.1) is 0 Å². The minimum absolute atomic E-state index is 0.119. The second-order valence-corrected chi connectivity index (χ2v) is 4.52. The Morgan fingerprint density at radius 2 is 2.05 bits per heavy atom. The molecule has 0 unspecified atom stereocenters. The summed E-state index contributed by atoms with van der Waals surface area (Å²) in [5, 5.41) is 8.94. The zero-order chi connectivity index (χ0) is 14.2. The largest absolute Gasteiger partial charge is 0.478 e. The first kappa shape index (κ1) is 13.5. The molecule has 0 aliphatic heterocycles. The summed E-state index contributed by atoms with van der Waals surface area (Å²) in [7, 11) is 0. The highest BCUT2D eigenvalue weighted by molar-refractivity contribution is 5.97. The van der Waals surface area contributed by atoms with Gasteiger partial charge in [-0.3, -0.25) is 0 Å². The first-order chi connectivity index (χ1) is 8.79. The van der Waals surface area contributed by atoms with Gasteiger partial charge in [-0.05, 0) is 25.0 Å². The van der Waals surface area contributed by atoms with Gasteiger partial charge in [-0.25, -0.2) is 4.79 Å². The molecule has 1 aliphatic carbocycles. The lowest BCUT2D eigenvalue weighted by Gasteiger charge is -2.27. The van der Waals surface area contributed by atoms with Crippen LogP contribution >= 0.6 is 0 Å². The summed E-state index contributed by atoms with van der Waals surface area (Å²) >= 11 is 0. The first-order valence-electron chi connectivity index (χ1n) is 5.75. The number of carbonyl (C=O) groups is 1. The van der Waals surface area contributed by atoms with E-state index in [1.54, 1.807) is 0 Å². The van der Waals surface area contributed by atoms with Crippen LogP contribution in [0.15, 0.2) is 18.2 Å². The van der Waals surface area contributed by atoms with Gasteiger partial charge in [0.1, 0.15) is 6.54 Å². The fourth-order valence-electron chi connectivity index (χ4n) is 1.98. The minimum atomic E-state index is -4.35. The topological polar surface area (TPSA) is 66.6 Å². The molecule has 1 fully saturated rings. The van der Waals surface area contributed by atoms with Crippen LogP contribution in [0.2, 0.25) is 0 Å². The van der Waals surface area contributed by atoms with E-state index in [0.29, 0.717) is 12.8 Å². The molecule has 1 aromatic carbocycles. The highest BCUT2D eigenvalue weighted by Crippen LogP contribution is 2.38. The molecule has 1 aliphatic rings. The van der Waals surface area contributed by atoms with Gasteiger partial charge in [0.15, 0.2) is 0 Å².